The van der Waals surface area contributed by atoms with E-state index < -0.39 is 0 Å². The van der Waals surface area contributed by atoms with Crippen LogP contribution in [0.1, 0.15) is 0 Å². The summed E-state index contributed by atoms with van der Waals surface area (Å²) in [4.78, 5) is 11.2. The molecule has 1 amide bonds. The Morgan fingerprint density at radius 3 is 2.93 bits per heavy atom. The van der Waals surface area contributed by atoms with Gasteiger partial charge in [-0.05, 0) is 28.1 Å². The summed E-state index contributed by atoms with van der Waals surface area (Å²) in [5, 5.41) is 10.9. The van der Waals surface area contributed by atoms with Gasteiger partial charge in [-0.25, -0.2) is 0 Å². The summed E-state index contributed by atoms with van der Waals surface area (Å²) in [6.07, 6.45) is 0. The maximum absolute atomic E-state index is 11.2. The molecule has 0 spiro atoms. The first-order chi connectivity index (χ1) is 7.19. The smallest absolute Gasteiger partial charge is 0.240 e. The van der Waals surface area contributed by atoms with E-state index in [2.05, 4.69) is 21.2 Å². The molecule has 1 rings (SSSR count). The number of hydroxylamine groups is 1. The molecule has 0 aliphatic rings. The van der Waals surface area contributed by atoms with E-state index in [-0.39, 0.29) is 12.5 Å². The lowest BCUT2D eigenvalue weighted by molar-refractivity contribution is -0.116. The summed E-state index contributed by atoms with van der Waals surface area (Å²) in [7, 11) is 1.51. The minimum atomic E-state index is -0.353. The molecule has 1 aromatic carbocycles. The van der Waals surface area contributed by atoms with Gasteiger partial charge in [-0.3, -0.25) is 4.79 Å². The summed E-state index contributed by atoms with van der Waals surface area (Å²) in [6, 6.07) is 5.28. The second-order valence-corrected chi connectivity index (χ2v) is 3.56. The van der Waals surface area contributed by atoms with Gasteiger partial charge < -0.3 is 15.3 Å². The molecule has 0 saturated carbocycles. The number of ether oxygens (including phenoxy) is 1. The minimum absolute atomic E-state index is 0.171. The van der Waals surface area contributed by atoms with Gasteiger partial charge >= 0.3 is 0 Å². The number of benzene rings is 1. The Hall–Kier alpha value is -1.11. The minimum Gasteiger partial charge on any atom is -0.493 e. The molecular formula is C9H11BrN2O3. The zero-order valence-electron chi connectivity index (χ0n) is 8.08. The van der Waals surface area contributed by atoms with E-state index >= 15 is 0 Å². The van der Waals surface area contributed by atoms with Crippen LogP contribution in [0.15, 0.2) is 22.7 Å². The lowest BCUT2D eigenvalue weighted by Gasteiger charge is -2.10. The summed E-state index contributed by atoms with van der Waals surface area (Å²) in [5.74, 6) is 0.192. The zero-order chi connectivity index (χ0) is 11.3. The third-order valence-electron chi connectivity index (χ3n) is 1.68. The molecule has 0 bridgehead atoms. The molecular weight excluding hydrogens is 264 g/mol. The van der Waals surface area contributed by atoms with Crippen LogP contribution < -0.4 is 15.5 Å². The van der Waals surface area contributed by atoms with Crippen LogP contribution in [0, 0.1) is 0 Å². The van der Waals surface area contributed by atoms with Gasteiger partial charge in [-0.1, -0.05) is 6.07 Å². The van der Waals surface area contributed by atoms with Crippen molar-refractivity contribution in [1.82, 2.24) is 5.48 Å². The van der Waals surface area contributed by atoms with Crippen LogP contribution in [0.4, 0.5) is 5.69 Å². The highest BCUT2D eigenvalue weighted by Gasteiger charge is 2.09. The lowest BCUT2D eigenvalue weighted by Crippen LogP contribution is -2.25. The Labute approximate surface area is 95.5 Å². The number of hydrogen-bond acceptors (Lipinski definition) is 4. The van der Waals surface area contributed by atoms with Crippen molar-refractivity contribution in [2.24, 2.45) is 0 Å². The van der Waals surface area contributed by atoms with E-state index in [0.717, 1.165) is 4.47 Å². The van der Waals surface area contributed by atoms with E-state index in [1.54, 1.807) is 23.7 Å². The third-order valence-corrected chi connectivity index (χ3v) is 2.31. The summed E-state index contributed by atoms with van der Waals surface area (Å²) < 4.78 is 5.86. The standard InChI is InChI=1S/C9H11BrN2O3/c1-15-9-6(10)3-2-4-7(9)12-8(13)5-11-14/h2-4,11,14H,5H2,1H3,(H,12,13). The lowest BCUT2D eigenvalue weighted by atomic mass is 10.3. The molecule has 0 radical (unpaired) electrons. The van der Waals surface area contributed by atoms with Crippen molar-refractivity contribution in [2.75, 3.05) is 19.0 Å². The van der Waals surface area contributed by atoms with Gasteiger partial charge in [0.25, 0.3) is 0 Å². The Balaban J connectivity index is 2.84. The van der Waals surface area contributed by atoms with E-state index in [9.17, 15) is 4.79 Å². The van der Waals surface area contributed by atoms with E-state index in [4.69, 9.17) is 9.94 Å². The predicted octanol–water partition coefficient (Wildman–Crippen LogP) is 1.37. The largest absolute Gasteiger partial charge is 0.493 e. The summed E-state index contributed by atoms with van der Waals surface area (Å²) >= 11 is 3.29. The number of methoxy groups -OCH3 is 1. The van der Waals surface area contributed by atoms with Crippen molar-refractivity contribution in [2.45, 2.75) is 0 Å². The fourth-order valence-electron chi connectivity index (χ4n) is 1.08. The van der Waals surface area contributed by atoms with Gasteiger partial charge in [0.05, 0.1) is 17.3 Å². The van der Waals surface area contributed by atoms with Gasteiger partial charge in [0.15, 0.2) is 5.75 Å². The first kappa shape index (κ1) is 12.0. The summed E-state index contributed by atoms with van der Waals surface area (Å²) in [6.45, 7) is -0.171. The fraction of sp³-hybridized carbons (Fsp3) is 0.222. The Morgan fingerprint density at radius 2 is 2.33 bits per heavy atom. The SMILES string of the molecule is COc1c(Br)cccc1NC(=O)CNO. The highest BCUT2D eigenvalue weighted by molar-refractivity contribution is 9.10. The number of halogens is 1. The maximum Gasteiger partial charge on any atom is 0.240 e. The number of anilines is 1. The van der Waals surface area contributed by atoms with Crippen molar-refractivity contribution >= 4 is 27.5 Å². The number of para-hydroxylation sites is 1. The van der Waals surface area contributed by atoms with Crippen molar-refractivity contribution in [3.8, 4) is 5.75 Å². The quantitative estimate of drug-likeness (QED) is 0.726. The molecule has 0 aromatic heterocycles. The van der Waals surface area contributed by atoms with E-state index in [1.165, 1.54) is 7.11 Å². The molecule has 0 heterocycles. The van der Waals surface area contributed by atoms with Crippen LogP contribution in [-0.2, 0) is 4.79 Å². The topological polar surface area (TPSA) is 70.6 Å². The van der Waals surface area contributed by atoms with E-state index in [0.29, 0.717) is 11.4 Å². The molecule has 15 heavy (non-hydrogen) atoms. The maximum atomic E-state index is 11.2. The first-order valence-electron chi connectivity index (χ1n) is 4.18. The van der Waals surface area contributed by atoms with Crippen molar-refractivity contribution in [1.29, 1.82) is 0 Å². The van der Waals surface area contributed by atoms with Gasteiger partial charge in [-0.2, -0.15) is 5.48 Å². The molecule has 0 aliphatic heterocycles. The highest BCUT2D eigenvalue weighted by atomic mass is 79.9. The van der Waals surface area contributed by atoms with Crippen LogP contribution in [0.2, 0.25) is 0 Å². The van der Waals surface area contributed by atoms with E-state index in [1.807, 2.05) is 0 Å². The molecule has 82 valence electrons. The fourth-order valence-corrected chi connectivity index (χ4v) is 1.61. The highest BCUT2D eigenvalue weighted by Crippen LogP contribution is 2.32. The molecule has 1 aromatic rings. The van der Waals surface area contributed by atoms with Crippen LogP contribution in [0.3, 0.4) is 0 Å². The normalized spacial score (nSPS) is 9.80. The number of carbonyl (C=O) groups is 1. The molecule has 3 N–H and O–H groups in total. The Bertz CT molecular complexity index is 357. The zero-order valence-corrected chi connectivity index (χ0v) is 9.67. The van der Waals surface area contributed by atoms with Gasteiger partial charge in [0.2, 0.25) is 5.91 Å². The molecule has 0 aliphatic carbocycles. The summed E-state index contributed by atoms with van der Waals surface area (Å²) in [5.41, 5.74) is 2.32. The number of rotatable bonds is 4. The van der Waals surface area contributed by atoms with Crippen molar-refractivity contribution in [3.63, 3.8) is 0 Å². The van der Waals surface area contributed by atoms with Crippen molar-refractivity contribution in [3.05, 3.63) is 22.7 Å². The Morgan fingerprint density at radius 1 is 1.60 bits per heavy atom. The second-order valence-electron chi connectivity index (χ2n) is 2.70. The third kappa shape index (κ3) is 3.19. The van der Waals surface area contributed by atoms with Crippen LogP contribution >= 0.6 is 15.9 Å². The molecule has 0 atom stereocenters. The Kier molecular flexibility index (Phi) is 4.54. The van der Waals surface area contributed by atoms with Gasteiger partial charge in [-0.15, -0.1) is 0 Å². The number of hydrogen-bond donors (Lipinski definition) is 3. The molecule has 0 unspecified atom stereocenters. The molecule has 6 heteroatoms. The van der Waals surface area contributed by atoms with Gasteiger partial charge in [0.1, 0.15) is 6.54 Å². The first-order valence-corrected chi connectivity index (χ1v) is 4.97. The van der Waals surface area contributed by atoms with Crippen LogP contribution in [-0.4, -0.2) is 24.8 Å². The van der Waals surface area contributed by atoms with Crippen LogP contribution in [0.5, 0.6) is 5.75 Å². The van der Waals surface area contributed by atoms with Crippen molar-refractivity contribution < 1.29 is 14.7 Å². The number of carbonyl (C=O) groups excluding carboxylic acids is 1. The average molecular weight is 275 g/mol. The van der Waals surface area contributed by atoms with Crippen LogP contribution in [0.25, 0.3) is 0 Å². The molecule has 0 fully saturated rings. The number of amides is 1. The predicted molar refractivity (Wildman–Crippen MR) is 59.1 cm³/mol. The monoisotopic (exact) mass is 274 g/mol. The molecule has 0 saturated heterocycles. The second kappa shape index (κ2) is 5.69. The number of nitrogens with one attached hydrogen (secondary N) is 2. The average Bonchev–Trinajstić information content (AvgIpc) is 2.18. The molecule has 5 nitrogen and oxygen atoms in total. The van der Waals surface area contributed by atoms with Gasteiger partial charge in [0, 0.05) is 0 Å².